The van der Waals surface area contributed by atoms with Crippen LogP contribution in [0.3, 0.4) is 0 Å². The first kappa shape index (κ1) is 12.1. The van der Waals surface area contributed by atoms with Gasteiger partial charge in [-0.2, -0.15) is 0 Å². The van der Waals surface area contributed by atoms with Gasteiger partial charge in [0.05, 0.1) is 6.61 Å². The molecule has 0 aliphatic heterocycles. The minimum Gasteiger partial charge on any atom is -0.376 e. The lowest BCUT2D eigenvalue weighted by molar-refractivity contribution is 0.0888. The Morgan fingerprint density at radius 2 is 2.19 bits per heavy atom. The third-order valence-electron chi connectivity index (χ3n) is 3.36. The van der Waals surface area contributed by atoms with Gasteiger partial charge in [-0.05, 0) is 37.3 Å². The first-order valence-corrected chi connectivity index (χ1v) is 6.97. The number of thiophene rings is 1. The van der Waals surface area contributed by atoms with Crippen molar-refractivity contribution in [2.24, 2.45) is 11.7 Å². The van der Waals surface area contributed by atoms with Crippen molar-refractivity contribution < 1.29 is 4.74 Å². The van der Waals surface area contributed by atoms with Crippen molar-refractivity contribution in [3.63, 3.8) is 0 Å². The lowest BCUT2D eigenvalue weighted by atomic mass is 10.1. The molecule has 2 rings (SSSR count). The first-order valence-electron chi connectivity index (χ1n) is 6.15. The number of hydrogen-bond donors (Lipinski definition) is 1. The van der Waals surface area contributed by atoms with Crippen LogP contribution in [0.1, 0.15) is 41.0 Å². The monoisotopic (exact) mass is 239 g/mol. The molecule has 0 saturated heterocycles. The largest absolute Gasteiger partial charge is 0.376 e. The molecule has 2 N–H and O–H groups in total. The van der Waals surface area contributed by atoms with Crippen LogP contribution in [0.4, 0.5) is 0 Å². The maximum atomic E-state index is 5.81. The van der Waals surface area contributed by atoms with E-state index in [0.717, 1.165) is 19.1 Å². The molecule has 16 heavy (non-hydrogen) atoms. The van der Waals surface area contributed by atoms with Crippen LogP contribution in [0.5, 0.6) is 0 Å². The minimum absolute atomic E-state index is 0.647. The molecule has 1 aromatic heterocycles. The Hall–Kier alpha value is -0.380. The van der Waals surface area contributed by atoms with E-state index in [1.54, 1.807) is 11.3 Å². The van der Waals surface area contributed by atoms with Gasteiger partial charge >= 0.3 is 0 Å². The van der Waals surface area contributed by atoms with Crippen molar-refractivity contribution in [3.05, 3.63) is 21.4 Å². The van der Waals surface area contributed by atoms with Gasteiger partial charge in [-0.25, -0.2) is 0 Å². The highest BCUT2D eigenvalue weighted by atomic mass is 32.1. The van der Waals surface area contributed by atoms with Crippen LogP contribution in [0.15, 0.2) is 6.07 Å². The van der Waals surface area contributed by atoms with E-state index in [9.17, 15) is 0 Å². The predicted octanol–water partition coefficient (Wildman–Crippen LogP) is 3.22. The average molecular weight is 239 g/mol. The van der Waals surface area contributed by atoms with Crippen molar-refractivity contribution in [1.82, 2.24) is 0 Å². The zero-order valence-electron chi connectivity index (χ0n) is 10.00. The number of nitrogens with two attached hydrogens (primary N) is 1. The third-order valence-corrected chi connectivity index (χ3v) is 4.47. The molecule has 0 spiro atoms. The van der Waals surface area contributed by atoms with Gasteiger partial charge in [0.2, 0.25) is 0 Å². The Bertz CT molecular complexity index is 329. The summed E-state index contributed by atoms with van der Waals surface area (Å²) in [6.07, 6.45) is 5.50. The lowest BCUT2D eigenvalue weighted by Gasteiger charge is -2.09. The lowest BCUT2D eigenvalue weighted by Crippen LogP contribution is -2.05. The summed E-state index contributed by atoms with van der Waals surface area (Å²) >= 11 is 1.79. The number of hydrogen-bond acceptors (Lipinski definition) is 3. The summed E-state index contributed by atoms with van der Waals surface area (Å²) in [5.74, 6) is 0.813. The van der Waals surface area contributed by atoms with E-state index in [0.29, 0.717) is 6.54 Å². The molecule has 0 bridgehead atoms. The zero-order valence-corrected chi connectivity index (χ0v) is 10.8. The predicted molar refractivity (Wildman–Crippen MR) is 68.6 cm³/mol. The van der Waals surface area contributed by atoms with Crippen molar-refractivity contribution >= 4 is 11.3 Å². The standard InChI is InChI=1S/C13H21NOS/c1-10-12(6-13(7-14)16-10)9-15-8-11-4-2-3-5-11/h6,11H,2-5,7-9,14H2,1H3. The molecule has 0 atom stereocenters. The fourth-order valence-corrected chi connectivity index (χ4v) is 3.27. The quantitative estimate of drug-likeness (QED) is 0.856. The van der Waals surface area contributed by atoms with Crippen LogP contribution < -0.4 is 5.73 Å². The number of rotatable bonds is 5. The second-order valence-corrected chi connectivity index (χ2v) is 6.00. The SMILES string of the molecule is Cc1sc(CN)cc1COCC1CCCC1. The van der Waals surface area contributed by atoms with Gasteiger partial charge in [-0.1, -0.05) is 12.8 Å². The molecule has 0 unspecified atom stereocenters. The van der Waals surface area contributed by atoms with Gasteiger partial charge in [-0.15, -0.1) is 11.3 Å². The molecule has 3 heteroatoms. The molecule has 1 heterocycles. The normalized spacial score (nSPS) is 17.1. The number of ether oxygens (including phenoxy) is 1. The summed E-state index contributed by atoms with van der Waals surface area (Å²) in [6, 6.07) is 2.19. The van der Waals surface area contributed by atoms with Crippen molar-refractivity contribution in [1.29, 1.82) is 0 Å². The number of aryl methyl sites for hydroxylation is 1. The molecule has 0 aromatic carbocycles. The molecule has 1 aliphatic rings. The molecular formula is C13H21NOS. The van der Waals surface area contributed by atoms with Gasteiger partial charge in [-0.3, -0.25) is 0 Å². The fourth-order valence-electron chi connectivity index (χ4n) is 2.34. The van der Waals surface area contributed by atoms with E-state index < -0.39 is 0 Å². The third kappa shape index (κ3) is 3.06. The summed E-state index contributed by atoms with van der Waals surface area (Å²) < 4.78 is 5.81. The molecule has 0 radical (unpaired) electrons. The van der Waals surface area contributed by atoms with Crippen LogP contribution in [-0.4, -0.2) is 6.61 Å². The van der Waals surface area contributed by atoms with E-state index in [4.69, 9.17) is 10.5 Å². The average Bonchev–Trinajstić information content (AvgIpc) is 2.89. The summed E-state index contributed by atoms with van der Waals surface area (Å²) in [5, 5.41) is 0. The van der Waals surface area contributed by atoms with Gasteiger partial charge in [0.15, 0.2) is 0 Å². The second kappa shape index (κ2) is 5.80. The zero-order chi connectivity index (χ0) is 11.4. The minimum atomic E-state index is 0.647. The van der Waals surface area contributed by atoms with Crippen LogP contribution in [0.2, 0.25) is 0 Å². The molecule has 1 aromatic rings. The topological polar surface area (TPSA) is 35.2 Å². The molecule has 90 valence electrons. The summed E-state index contributed by atoms with van der Waals surface area (Å²) in [4.78, 5) is 2.61. The van der Waals surface area contributed by atoms with E-state index in [2.05, 4.69) is 13.0 Å². The van der Waals surface area contributed by atoms with Crippen molar-refractivity contribution in [2.45, 2.75) is 45.8 Å². The summed E-state index contributed by atoms with van der Waals surface area (Å²) in [6.45, 7) is 4.50. The Morgan fingerprint density at radius 3 is 2.81 bits per heavy atom. The molecule has 1 fully saturated rings. The molecular weight excluding hydrogens is 218 g/mol. The highest BCUT2D eigenvalue weighted by Gasteiger charge is 2.15. The molecule has 1 saturated carbocycles. The maximum Gasteiger partial charge on any atom is 0.0727 e. The van der Waals surface area contributed by atoms with E-state index >= 15 is 0 Å². The molecule has 2 nitrogen and oxygen atoms in total. The van der Waals surface area contributed by atoms with Gasteiger partial charge in [0.25, 0.3) is 0 Å². The Labute approximate surface area is 102 Å². The summed E-state index contributed by atoms with van der Waals surface area (Å²) in [5.41, 5.74) is 6.95. The highest BCUT2D eigenvalue weighted by Crippen LogP contribution is 2.26. The highest BCUT2D eigenvalue weighted by molar-refractivity contribution is 7.12. The van der Waals surface area contributed by atoms with Crippen LogP contribution >= 0.6 is 11.3 Å². The van der Waals surface area contributed by atoms with E-state index in [-0.39, 0.29) is 0 Å². The molecule has 1 aliphatic carbocycles. The van der Waals surface area contributed by atoms with Crippen LogP contribution in [-0.2, 0) is 17.9 Å². The van der Waals surface area contributed by atoms with Gasteiger partial charge in [0, 0.05) is 22.9 Å². The van der Waals surface area contributed by atoms with Crippen molar-refractivity contribution in [3.8, 4) is 0 Å². The molecule has 0 amide bonds. The van der Waals surface area contributed by atoms with E-state index in [1.807, 2.05) is 0 Å². The van der Waals surface area contributed by atoms with Crippen LogP contribution in [0.25, 0.3) is 0 Å². The fraction of sp³-hybridized carbons (Fsp3) is 0.692. The Kier molecular flexibility index (Phi) is 4.38. The second-order valence-electron chi connectivity index (χ2n) is 4.66. The van der Waals surface area contributed by atoms with Crippen LogP contribution in [0, 0.1) is 12.8 Å². The summed E-state index contributed by atoms with van der Waals surface area (Å²) in [7, 11) is 0. The maximum absolute atomic E-state index is 5.81. The Morgan fingerprint density at radius 1 is 1.44 bits per heavy atom. The first-order chi connectivity index (χ1) is 7.79. The smallest absolute Gasteiger partial charge is 0.0727 e. The van der Waals surface area contributed by atoms with Gasteiger partial charge in [0.1, 0.15) is 0 Å². The van der Waals surface area contributed by atoms with Gasteiger partial charge < -0.3 is 10.5 Å². The van der Waals surface area contributed by atoms with E-state index in [1.165, 1.54) is 41.0 Å². The van der Waals surface area contributed by atoms with Crippen molar-refractivity contribution in [2.75, 3.05) is 6.61 Å². The Balaban J connectivity index is 1.77.